The van der Waals surface area contributed by atoms with Crippen molar-refractivity contribution in [2.45, 2.75) is 26.8 Å². The fourth-order valence-corrected chi connectivity index (χ4v) is 3.86. The lowest BCUT2D eigenvalue weighted by Gasteiger charge is -2.24. The van der Waals surface area contributed by atoms with Crippen molar-refractivity contribution >= 4 is 11.9 Å². The van der Waals surface area contributed by atoms with E-state index in [1.807, 2.05) is 38.1 Å². The highest BCUT2D eigenvalue weighted by atomic mass is 16.4. The van der Waals surface area contributed by atoms with Gasteiger partial charge in [0.15, 0.2) is 0 Å². The molecule has 116 valence electrons. The van der Waals surface area contributed by atoms with Crippen LogP contribution in [0.15, 0.2) is 30.4 Å². The molecule has 1 amide bonds. The van der Waals surface area contributed by atoms with Gasteiger partial charge in [0.1, 0.15) is 0 Å². The second-order valence-corrected chi connectivity index (χ2v) is 6.49. The van der Waals surface area contributed by atoms with E-state index in [1.54, 1.807) is 0 Å². The largest absolute Gasteiger partial charge is 0.481 e. The van der Waals surface area contributed by atoms with Gasteiger partial charge in [-0.05, 0) is 43.2 Å². The second-order valence-electron chi connectivity index (χ2n) is 6.49. The summed E-state index contributed by atoms with van der Waals surface area (Å²) < 4.78 is 0. The molecule has 2 N–H and O–H groups in total. The number of amides is 1. The Labute approximate surface area is 130 Å². The highest BCUT2D eigenvalue weighted by Crippen LogP contribution is 2.48. The Bertz CT molecular complexity index is 650. The third-order valence-corrected chi connectivity index (χ3v) is 5.00. The van der Waals surface area contributed by atoms with Crippen LogP contribution in [0.25, 0.3) is 0 Å². The Morgan fingerprint density at radius 1 is 1.18 bits per heavy atom. The molecule has 0 radical (unpaired) electrons. The number of aryl methyl sites for hydroxylation is 2. The Hall–Kier alpha value is -2.10. The van der Waals surface area contributed by atoms with Crippen LogP contribution in [0.2, 0.25) is 0 Å². The number of benzene rings is 1. The van der Waals surface area contributed by atoms with Crippen LogP contribution in [0, 0.1) is 37.5 Å². The van der Waals surface area contributed by atoms with E-state index >= 15 is 0 Å². The van der Waals surface area contributed by atoms with Gasteiger partial charge in [-0.1, -0.05) is 35.9 Å². The fourth-order valence-electron chi connectivity index (χ4n) is 3.86. The molecule has 1 aromatic rings. The number of fused-ring (bicyclic) bond motifs is 2. The zero-order valence-corrected chi connectivity index (χ0v) is 12.9. The van der Waals surface area contributed by atoms with E-state index in [2.05, 4.69) is 11.4 Å². The van der Waals surface area contributed by atoms with Crippen LogP contribution in [0.3, 0.4) is 0 Å². The standard InChI is InChI=1S/C18H21NO3/c1-10-3-4-14(11(2)7-10)9-19-17(20)15-12-5-6-13(8-12)16(15)18(21)22/h3-7,12-13,15-16H,8-9H2,1-2H3,(H,19,20)(H,21,22). The molecule has 4 unspecified atom stereocenters. The smallest absolute Gasteiger partial charge is 0.307 e. The lowest BCUT2D eigenvalue weighted by atomic mass is 9.82. The number of carboxylic acids is 1. The van der Waals surface area contributed by atoms with Crippen LogP contribution in [-0.2, 0) is 16.1 Å². The van der Waals surface area contributed by atoms with Gasteiger partial charge < -0.3 is 10.4 Å². The monoisotopic (exact) mass is 299 g/mol. The van der Waals surface area contributed by atoms with Gasteiger partial charge in [-0.3, -0.25) is 9.59 Å². The van der Waals surface area contributed by atoms with E-state index in [0.717, 1.165) is 17.5 Å². The molecule has 0 heterocycles. The minimum atomic E-state index is -0.858. The molecular weight excluding hydrogens is 278 g/mol. The number of carbonyl (C=O) groups excluding carboxylic acids is 1. The lowest BCUT2D eigenvalue weighted by Crippen LogP contribution is -2.40. The summed E-state index contributed by atoms with van der Waals surface area (Å²) in [6.07, 6.45) is 4.75. The third-order valence-electron chi connectivity index (χ3n) is 5.00. The topological polar surface area (TPSA) is 66.4 Å². The van der Waals surface area contributed by atoms with Gasteiger partial charge in [0.05, 0.1) is 11.8 Å². The fraction of sp³-hybridized carbons (Fsp3) is 0.444. The molecule has 0 saturated heterocycles. The number of carboxylic acid groups (broad SMARTS) is 1. The number of rotatable bonds is 4. The zero-order chi connectivity index (χ0) is 15.9. The van der Waals surface area contributed by atoms with E-state index in [1.165, 1.54) is 5.56 Å². The molecule has 0 spiro atoms. The van der Waals surface area contributed by atoms with Gasteiger partial charge in [-0.15, -0.1) is 0 Å². The number of carbonyl (C=O) groups is 2. The number of nitrogens with one attached hydrogen (secondary N) is 1. The predicted molar refractivity (Wildman–Crippen MR) is 83.1 cm³/mol. The summed E-state index contributed by atoms with van der Waals surface area (Å²) in [5, 5.41) is 12.3. The molecule has 2 aliphatic rings. The summed E-state index contributed by atoms with van der Waals surface area (Å²) in [5.74, 6) is -1.91. The number of allylic oxidation sites excluding steroid dienone is 2. The molecule has 1 aromatic carbocycles. The summed E-state index contributed by atoms with van der Waals surface area (Å²) in [6, 6.07) is 6.12. The predicted octanol–water partition coefficient (Wildman–Crippen LogP) is 2.44. The lowest BCUT2D eigenvalue weighted by molar-refractivity contribution is -0.147. The number of aliphatic carboxylic acids is 1. The maximum absolute atomic E-state index is 12.5. The molecule has 2 aliphatic carbocycles. The Kier molecular flexibility index (Phi) is 3.77. The maximum atomic E-state index is 12.5. The van der Waals surface area contributed by atoms with Crippen molar-refractivity contribution in [1.29, 1.82) is 0 Å². The van der Waals surface area contributed by atoms with Crippen molar-refractivity contribution in [2.24, 2.45) is 23.7 Å². The third kappa shape index (κ3) is 2.54. The molecule has 1 saturated carbocycles. The molecule has 0 aromatic heterocycles. The summed E-state index contributed by atoms with van der Waals surface area (Å²) in [4.78, 5) is 24.0. The van der Waals surface area contributed by atoms with E-state index in [4.69, 9.17) is 0 Å². The first-order chi connectivity index (χ1) is 10.5. The molecule has 4 nitrogen and oxygen atoms in total. The summed E-state index contributed by atoms with van der Waals surface area (Å²) in [7, 11) is 0. The first-order valence-electron chi connectivity index (χ1n) is 7.72. The van der Waals surface area contributed by atoms with Crippen molar-refractivity contribution < 1.29 is 14.7 Å². The van der Waals surface area contributed by atoms with Crippen molar-refractivity contribution in [3.63, 3.8) is 0 Å². The summed E-state index contributed by atoms with van der Waals surface area (Å²) in [6.45, 7) is 4.51. The molecule has 3 rings (SSSR count). The van der Waals surface area contributed by atoms with E-state index in [-0.39, 0.29) is 17.7 Å². The van der Waals surface area contributed by atoms with Crippen molar-refractivity contribution in [3.05, 3.63) is 47.0 Å². The Balaban J connectivity index is 1.69. The summed E-state index contributed by atoms with van der Waals surface area (Å²) in [5.41, 5.74) is 3.41. The van der Waals surface area contributed by atoms with Crippen LogP contribution in [0.5, 0.6) is 0 Å². The first kappa shape index (κ1) is 14.8. The normalized spacial score (nSPS) is 28.8. The molecule has 2 bridgehead atoms. The quantitative estimate of drug-likeness (QED) is 0.839. The Morgan fingerprint density at radius 3 is 2.50 bits per heavy atom. The van der Waals surface area contributed by atoms with Crippen LogP contribution >= 0.6 is 0 Å². The van der Waals surface area contributed by atoms with Crippen LogP contribution in [0.1, 0.15) is 23.1 Å². The van der Waals surface area contributed by atoms with Gasteiger partial charge in [-0.25, -0.2) is 0 Å². The van der Waals surface area contributed by atoms with Crippen molar-refractivity contribution in [1.82, 2.24) is 5.32 Å². The first-order valence-corrected chi connectivity index (χ1v) is 7.72. The minimum Gasteiger partial charge on any atom is -0.481 e. The molecule has 0 aliphatic heterocycles. The van der Waals surface area contributed by atoms with Crippen molar-refractivity contribution in [2.75, 3.05) is 0 Å². The molecule has 4 atom stereocenters. The van der Waals surface area contributed by atoms with Gasteiger partial charge in [0, 0.05) is 6.54 Å². The van der Waals surface area contributed by atoms with Crippen LogP contribution in [0.4, 0.5) is 0 Å². The van der Waals surface area contributed by atoms with Gasteiger partial charge in [0.2, 0.25) is 5.91 Å². The number of hydrogen-bond donors (Lipinski definition) is 2. The summed E-state index contributed by atoms with van der Waals surface area (Å²) >= 11 is 0. The maximum Gasteiger partial charge on any atom is 0.307 e. The highest BCUT2D eigenvalue weighted by Gasteiger charge is 2.51. The average molecular weight is 299 g/mol. The van der Waals surface area contributed by atoms with Gasteiger partial charge in [0.25, 0.3) is 0 Å². The van der Waals surface area contributed by atoms with Gasteiger partial charge >= 0.3 is 5.97 Å². The van der Waals surface area contributed by atoms with Crippen molar-refractivity contribution in [3.8, 4) is 0 Å². The zero-order valence-electron chi connectivity index (χ0n) is 12.9. The number of hydrogen-bond acceptors (Lipinski definition) is 2. The Morgan fingerprint density at radius 2 is 1.86 bits per heavy atom. The van der Waals surface area contributed by atoms with Crippen LogP contribution < -0.4 is 5.32 Å². The van der Waals surface area contributed by atoms with E-state index in [9.17, 15) is 14.7 Å². The molecule has 1 fully saturated rings. The van der Waals surface area contributed by atoms with Gasteiger partial charge in [-0.2, -0.15) is 0 Å². The second kappa shape index (κ2) is 5.59. The van der Waals surface area contributed by atoms with E-state index < -0.39 is 17.8 Å². The highest BCUT2D eigenvalue weighted by molar-refractivity contribution is 5.86. The van der Waals surface area contributed by atoms with Crippen LogP contribution in [-0.4, -0.2) is 17.0 Å². The van der Waals surface area contributed by atoms with E-state index in [0.29, 0.717) is 6.54 Å². The minimum absolute atomic E-state index is 0.0133. The molecule has 4 heteroatoms. The molecular formula is C18H21NO3. The SMILES string of the molecule is Cc1ccc(CNC(=O)C2C3C=CC(C3)C2C(=O)O)c(C)c1. The average Bonchev–Trinajstić information content (AvgIpc) is 3.06. The molecule has 22 heavy (non-hydrogen) atoms.